The summed E-state index contributed by atoms with van der Waals surface area (Å²) in [7, 11) is 1.92. The molecular weight excluding hydrogens is 308 g/mol. The zero-order valence-corrected chi connectivity index (χ0v) is 14.7. The molecule has 0 radical (unpaired) electrons. The average Bonchev–Trinajstić information content (AvgIpc) is 3.11. The molecule has 0 bridgehead atoms. The quantitative estimate of drug-likeness (QED) is 0.863. The van der Waals surface area contributed by atoms with Crippen molar-refractivity contribution in [2.75, 3.05) is 26.2 Å². The molecule has 0 N–H and O–H groups in total. The predicted molar refractivity (Wildman–Crippen MR) is 92.7 cm³/mol. The summed E-state index contributed by atoms with van der Waals surface area (Å²) in [6.45, 7) is 6.59. The Kier molecular flexibility index (Phi) is 5.13. The summed E-state index contributed by atoms with van der Waals surface area (Å²) in [5.41, 5.74) is 1.93. The van der Waals surface area contributed by atoms with E-state index in [0.717, 1.165) is 57.0 Å². The Morgan fingerprint density at radius 2 is 2.17 bits per heavy atom. The smallest absolute Gasteiger partial charge is 0.270 e. The van der Waals surface area contributed by atoms with E-state index < -0.39 is 0 Å². The third-order valence-corrected chi connectivity index (χ3v) is 5.37. The highest BCUT2D eigenvalue weighted by Gasteiger charge is 2.22. The highest BCUT2D eigenvalue weighted by atomic mass is 32.1. The summed E-state index contributed by atoms with van der Waals surface area (Å²) in [5, 5.41) is 3.37. The van der Waals surface area contributed by atoms with Gasteiger partial charge in [0.1, 0.15) is 5.69 Å². The molecule has 0 atom stereocenters. The van der Waals surface area contributed by atoms with E-state index in [1.54, 1.807) is 11.3 Å². The average molecular weight is 332 g/mol. The van der Waals surface area contributed by atoms with Gasteiger partial charge in [0, 0.05) is 51.3 Å². The molecule has 0 aliphatic carbocycles. The molecule has 124 valence electrons. The summed E-state index contributed by atoms with van der Waals surface area (Å²) in [4.78, 5) is 21.7. The van der Waals surface area contributed by atoms with E-state index in [4.69, 9.17) is 0 Å². The van der Waals surface area contributed by atoms with E-state index in [1.807, 2.05) is 34.8 Å². The van der Waals surface area contributed by atoms with Crippen LogP contribution in [0.15, 0.2) is 23.7 Å². The van der Waals surface area contributed by atoms with Gasteiger partial charge in [-0.15, -0.1) is 11.3 Å². The van der Waals surface area contributed by atoms with Crippen molar-refractivity contribution < 1.29 is 4.79 Å². The Hall–Kier alpha value is -1.66. The summed E-state index contributed by atoms with van der Waals surface area (Å²) in [6, 6.07) is 3.82. The minimum atomic E-state index is 0.140. The molecule has 1 amide bonds. The van der Waals surface area contributed by atoms with Crippen LogP contribution < -0.4 is 0 Å². The minimum absolute atomic E-state index is 0.140. The Morgan fingerprint density at radius 3 is 2.87 bits per heavy atom. The second-order valence-electron chi connectivity index (χ2n) is 6.01. The molecule has 1 fully saturated rings. The third kappa shape index (κ3) is 3.82. The maximum absolute atomic E-state index is 12.6. The molecule has 0 saturated carbocycles. The number of aryl methyl sites for hydroxylation is 2. The molecule has 0 unspecified atom stereocenters. The standard InChI is InChI=1S/C17H24N4OS/c1-3-16-18-14(13-23-16)12-20-8-5-9-21(11-10-20)17(22)15-6-4-7-19(15)2/h4,6-7,13H,3,5,8-12H2,1-2H3. The molecule has 3 rings (SSSR count). The van der Waals surface area contributed by atoms with Gasteiger partial charge in [-0.2, -0.15) is 0 Å². The van der Waals surface area contributed by atoms with Crippen LogP contribution in [-0.2, 0) is 20.0 Å². The van der Waals surface area contributed by atoms with Crippen LogP contribution in [-0.4, -0.2) is 51.4 Å². The first-order chi connectivity index (χ1) is 11.2. The number of aromatic nitrogens is 2. The summed E-state index contributed by atoms with van der Waals surface area (Å²) < 4.78 is 1.90. The van der Waals surface area contributed by atoms with Gasteiger partial charge in [0.05, 0.1) is 10.7 Å². The van der Waals surface area contributed by atoms with Crippen LogP contribution >= 0.6 is 11.3 Å². The molecule has 1 saturated heterocycles. The number of thiazole rings is 1. The van der Waals surface area contributed by atoms with Gasteiger partial charge in [0.2, 0.25) is 0 Å². The van der Waals surface area contributed by atoms with E-state index in [2.05, 4.69) is 22.2 Å². The molecule has 2 aromatic rings. The molecule has 2 aromatic heterocycles. The molecule has 5 nitrogen and oxygen atoms in total. The number of rotatable bonds is 4. The van der Waals surface area contributed by atoms with Crippen LogP contribution in [0, 0.1) is 0 Å². The van der Waals surface area contributed by atoms with Crippen LogP contribution in [0.2, 0.25) is 0 Å². The summed E-state index contributed by atoms with van der Waals surface area (Å²) in [6.07, 6.45) is 3.94. The SMILES string of the molecule is CCc1nc(CN2CCCN(C(=O)c3cccn3C)CC2)cs1. The maximum Gasteiger partial charge on any atom is 0.270 e. The first-order valence-corrected chi connectivity index (χ1v) is 9.11. The zero-order valence-electron chi connectivity index (χ0n) is 13.9. The largest absolute Gasteiger partial charge is 0.347 e. The van der Waals surface area contributed by atoms with Crippen molar-refractivity contribution in [3.05, 3.63) is 40.1 Å². The molecule has 1 aliphatic heterocycles. The van der Waals surface area contributed by atoms with Crippen LogP contribution in [0.3, 0.4) is 0 Å². The van der Waals surface area contributed by atoms with Crippen molar-refractivity contribution in [2.45, 2.75) is 26.3 Å². The van der Waals surface area contributed by atoms with Crippen LogP contribution in [0.25, 0.3) is 0 Å². The third-order valence-electron chi connectivity index (χ3n) is 4.33. The van der Waals surface area contributed by atoms with Crippen molar-refractivity contribution in [3.63, 3.8) is 0 Å². The Bertz CT molecular complexity index is 663. The van der Waals surface area contributed by atoms with Gasteiger partial charge in [-0.3, -0.25) is 9.69 Å². The second kappa shape index (κ2) is 7.27. The Morgan fingerprint density at radius 1 is 1.30 bits per heavy atom. The number of hydrogen-bond donors (Lipinski definition) is 0. The van der Waals surface area contributed by atoms with Gasteiger partial charge in [-0.1, -0.05) is 6.92 Å². The van der Waals surface area contributed by atoms with Gasteiger partial charge < -0.3 is 9.47 Å². The predicted octanol–water partition coefficient (Wildman–Crippen LogP) is 2.39. The number of amides is 1. The van der Waals surface area contributed by atoms with E-state index in [9.17, 15) is 4.79 Å². The fourth-order valence-corrected chi connectivity index (χ4v) is 3.73. The van der Waals surface area contributed by atoms with Crippen LogP contribution in [0.1, 0.15) is 34.5 Å². The van der Waals surface area contributed by atoms with Gasteiger partial charge in [0.25, 0.3) is 5.91 Å². The Labute approximate surface area is 141 Å². The first kappa shape index (κ1) is 16.2. The first-order valence-electron chi connectivity index (χ1n) is 8.23. The van der Waals surface area contributed by atoms with Gasteiger partial charge in [-0.25, -0.2) is 4.98 Å². The molecular formula is C17H24N4OS. The highest BCUT2D eigenvalue weighted by molar-refractivity contribution is 7.09. The number of hydrogen-bond acceptors (Lipinski definition) is 4. The van der Waals surface area contributed by atoms with Crippen LogP contribution in [0.5, 0.6) is 0 Å². The normalized spacial score (nSPS) is 16.5. The molecule has 6 heteroatoms. The Balaban J connectivity index is 1.58. The topological polar surface area (TPSA) is 41.4 Å². The molecule has 1 aliphatic rings. The monoisotopic (exact) mass is 332 g/mol. The summed E-state index contributed by atoms with van der Waals surface area (Å²) >= 11 is 1.74. The van der Waals surface area contributed by atoms with Gasteiger partial charge in [0.15, 0.2) is 0 Å². The molecule has 0 spiro atoms. The van der Waals surface area contributed by atoms with Gasteiger partial charge in [-0.05, 0) is 25.0 Å². The van der Waals surface area contributed by atoms with E-state index in [0.29, 0.717) is 0 Å². The fourth-order valence-electron chi connectivity index (χ4n) is 2.99. The lowest BCUT2D eigenvalue weighted by atomic mass is 10.3. The van der Waals surface area contributed by atoms with Crippen molar-refractivity contribution in [1.29, 1.82) is 0 Å². The number of carbonyl (C=O) groups excluding carboxylic acids is 1. The molecule has 3 heterocycles. The number of carbonyl (C=O) groups is 1. The zero-order chi connectivity index (χ0) is 16.2. The van der Waals surface area contributed by atoms with E-state index in [1.165, 1.54) is 5.01 Å². The lowest BCUT2D eigenvalue weighted by Crippen LogP contribution is -2.35. The number of nitrogens with zero attached hydrogens (tertiary/aromatic N) is 4. The second-order valence-corrected chi connectivity index (χ2v) is 6.96. The van der Waals surface area contributed by atoms with Crippen molar-refractivity contribution in [2.24, 2.45) is 7.05 Å². The van der Waals surface area contributed by atoms with Gasteiger partial charge >= 0.3 is 0 Å². The maximum atomic E-state index is 12.6. The molecule has 23 heavy (non-hydrogen) atoms. The fraction of sp³-hybridized carbons (Fsp3) is 0.529. The van der Waals surface area contributed by atoms with Crippen molar-refractivity contribution in [3.8, 4) is 0 Å². The highest BCUT2D eigenvalue weighted by Crippen LogP contribution is 2.15. The molecule has 0 aromatic carbocycles. The van der Waals surface area contributed by atoms with Crippen molar-refractivity contribution in [1.82, 2.24) is 19.4 Å². The van der Waals surface area contributed by atoms with Crippen LogP contribution in [0.4, 0.5) is 0 Å². The minimum Gasteiger partial charge on any atom is -0.347 e. The lowest BCUT2D eigenvalue weighted by Gasteiger charge is -2.21. The van der Waals surface area contributed by atoms with E-state index in [-0.39, 0.29) is 5.91 Å². The lowest BCUT2D eigenvalue weighted by molar-refractivity contribution is 0.0751. The van der Waals surface area contributed by atoms with Crippen molar-refractivity contribution >= 4 is 17.2 Å². The van der Waals surface area contributed by atoms with E-state index >= 15 is 0 Å². The summed E-state index contributed by atoms with van der Waals surface area (Å²) in [5.74, 6) is 0.140.